The first-order chi connectivity index (χ1) is 12.9. The quantitative estimate of drug-likeness (QED) is 0.700. The number of aromatic nitrogens is 1. The molecule has 1 aromatic carbocycles. The van der Waals surface area contributed by atoms with Crippen LogP contribution in [0.5, 0.6) is 0 Å². The molecule has 1 aliphatic rings. The Hall–Kier alpha value is -2.53. The number of nitrogens with zero attached hydrogens (tertiary/aromatic N) is 2. The maximum Gasteiger partial charge on any atom is 0.270 e. The summed E-state index contributed by atoms with van der Waals surface area (Å²) in [6.45, 7) is 9.89. The highest BCUT2D eigenvalue weighted by molar-refractivity contribution is 5.97. The molecule has 1 amide bonds. The lowest BCUT2D eigenvalue weighted by Crippen LogP contribution is -2.48. The summed E-state index contributed by atoms with van der Waals surface area (Å²) in [5, 5.41) is 0. The van der Waals surface area contributed by atoms with Gasteiger partial charge in [0, 0.05) is 31.8 Å². The van der Waals surface area contributed by atoms with Crippen LogP contribution in [-0.4, -0.2) is 40.7 Å². The Bertz CT molecular complexity index is 958. The van der Waals surface area contributed by atoms with Crippen molar-refractivity contribution >= 4 is 17.0 Å². The summed E-state index contributed by atoms with van der Waals surface area (Å²) in [5.41, 5.74) is 4.78. The Morgan fingerprint density at radius 1 is 1.07 bits per heavy atom. The van der Waals surface area contributed by atoms with Gasteiger partial charge in [-0.15, -0.1) is 0 Å². The molecule has 5 nitrogen and oxygen atoms in total. The van der Waals surface area contributed by atoms with Crippen LogP contribution < -0.4 is 0 Å². The second-order valence-electron chi connectivity index (χ2n) is 7.68. The van der Waals surface area contributed by atoms with E-state index in [1.165, 1.54) is 5.56 Å². The SMILES string of the molecule is Cc1ccc(Cn2c(C(=O)N3CC(C)OC(C)C3)cc3oc(C)cc32)cc1. The topological polar surface area (TPSA) is 47.6 Å². The summed E-state index contributed by atoms with van der Waals surface area (Å²) in [5.74, 6) is 0.887. The molecule has 2 unspecified atom stereocenters. The number of carbonyl (C=O) groups excluding carboxylic acids is 1. The van der Waals surface area contributed by atoms with Gasteiger partial charge in [-0.25, -0.2) is 0 Å². The second kappa shape index (κ2) is 6.89. The van der Waals surface area contributed by atoms with Crippen LogP contribution >= 0.6 is 0 Å². The molecular formula is C22H26N2O3. The Balaban J connectivity index is 1.72. The average molecular weight is 366 g/mol. The number of amides is 1. The van der Waals surface area contributed by atoms with E-state index in [-0.39, 0.29) is 18.1 Å². The zero-order valence-corrected chi connectivity index (χ0v) is 16.4. The number of hydrogen-bond acceptors (Lipinski definition) is 3. The third-order valence-corrected chi connectivity index (χ3v) is 5.10. The van der Waals surface area contributed by atoms with Gasteiger partial charge in [-0.2, -0.15) is 0 Å². The smallest absolute Gasteiger partial charge is 0.270 e. The molecule has 0 spiro atoms. The van der Waals surface area contributed by atoms with E-state index in [4.69, 9.17) is 9.15 Å². The van der Waals surface area contributed by atoms with Gasteiger partial charge >= 0.3 is 0 Å². The molecule has 0 aliphatic carbocycles. The van der Waals surface area contributed by atoms with Crippen LogP contribution in [0.3, 0.4) is 0 Å². The molecule has 0 bridgehead atoms. The van der Waals surface area contributed by atoms with Crippen LogP contribution in [0.1, 0.15) is 41.2 Å². The molecule has 3 heterocycles. The first-order valence-corrected chi connectivity index (χ1v) is 9.50. The van der Waals surface area contributed by atoms with Crippen molar-refractivity contribution in [1.29, 1.82) is 0 Å². The normalized spacial score (nSPS) is 20.4. The Labute approximate surface area is 159 Å². The Kier molecular flexibility index (Phi) is 4.56. The zero-order chi connectivity index (χ0) is 19.1. The third kappa shape index (κ3) is 3.52. The van der Waals surface area contributed by atoms with Crippen molar-refractivity contribution in [3.05, 3.63) is 59.0 Å². The zero-order valence-electron chi connectivity index (χ0n) is 16.4. The maximum absolute atomic E-state index is 13.3. The fourth-order valence-corrected chi connectivity index (χ4v) is 3.89. The number of carbonyl (C=O) groups is 1. The van der Waals surface area contributed by atoms with Gasteiger partial charge in [0.1, 0.15) is 11.5 Å². The van der Waals surface area contributed by atoms with Gasteiger partial charge in [0.05, 0.1) is 17.7 Å². The third-order valence-electron chi connectivity index (χ3n) is 5.10. The van der Waals surface area contributed by atoms with Crippen molar-refractivity contribution < 1.29 is 13.9 Å². The molecule has 2 aromatic heterocycles. The Morgan fingerprint density at radius 2 is 1.74 bits per heavy atom. The van der Waals surface area contributed by atoms with E-state index in [0.717, 1.165) is 22.4 Å². The highest BCUT2D eigenvalue weighted by atomic mass is 16.5. The number of benzene rings is 1. The first kappa shape index (κ1) is 17.9. The molecule has 2 atom stereocenters. The maximum atomic E-state index is 13.3. The summed E-state index contributed by atoms with van der Waals surface area (Å²) in [7, 11) is 0. The standard InChI is InChI=1S/C22H26N2O3/c1-14-5-7-18(8-6-14)13-24-19-9-15(2)27-21(19)10-20(24)22(25)23-11-16(3)26-17(4)12-23/h5-10,16-17H,11-13H2,1-4H3. The molecule has 1 fully saturated rings. The molecule has 1 saturated heterocycles. The lowest BCUT2D eigenvalue weighted by Gasteiger charge is -2.35. The number of rotatable bonds is 3. The summed E-state index contributed by atoms with van der Waals surface area (Å²) in [4.78, 5) is 15.2. The first-order valence-electron chi connectivity index (χ1n) is 9.50. The van der Waals surface area contributed by atoms with Gasteiger partial charge in [-0.3, -0.25) is 4.79 Å². The van der Waals surface area contributed by atoms with Crippen molar-refractivity contribution in [3.8, 4) is 0 Å². The molecular weight excluding hydrogens is 340 g/mol. The van der Waals surface area contributed by atoms with Gasteiger partial charge in [-0.05, 0) is 33.3 Å². The van der Waals surface area contributed by atoms with Crippen molar-refractivity contribution in [1.82, 2.24) is 9.47 Å². The number of furan rings is 1. The summed E-state index contributed by atoms with van der Waals surface area (Å²) < 4.78 is 13.7. The van der Waals surface area contributed by atoms with Crippen LogP contribution in [0.25, 0.3) is 11.1 Å². The highest BCUT2D eigenvalue weighted by Crippen LogP contribution is 2.26. The molecule has 27 heavy (non-hydrogen) atoms. The van der Waals surface area contributed by atoms with Gasteiger partial charge in [0.25, 0.3) is 5.91 Å². The molecule has 0 N–H and O–H groups in total. The average Bonchev–Trinajstić information content (AvgIpc) is 3.12. The van der Waals surface area contributed by atoms with Crippen LogP contribution in [0.2, 0.25) is 0 Å². The van der Waals surface area contributed by atoms with Gasteiger partial charge in [0.2, 0.25) is 0 Å². The van der Waals surface area contributed by atoms with E-state index >= 15 is 0 Å². The molecule has 0 saturated carbocycles. The minimum Gasteiger partial charge on any atom is -0.460 e. The van der Waals surface area contributed by atoms with Crippen LogP contribution in [0.4, 0.5) is 0 Å². The monoisotopic (exact) mass is 366 g/mol. The lowest BCUT2D eigenvalue weighted by atomic mass is 10.1. The van der Waals surface area contributed by atoms with Crippen LogP contribution in [0.15, 0.2) is 40.8 Å². The predicted molar refractivity (Wildman–Crippen MR) is 105 cm³/mol. The van der Waals surface area contributed by atoms with Gasteiger partial charge < -0.3 is 18.6 Å². The lowest BCUT2D eigenvalue weighted by molar-refractivity contribution is -0.0588. The fourth-order valence-electron chi connectivity index (χ4n) is 3.89. The largest absolute Gasteiger partial charge is 0.460 e. The number of aryl methyl sites for hydroxylation is 2. The molecule has 4 rings (SSSR count). The van der Waals surface area contributed by atoms with Gasteiger partial charge in [-0.1, -0.05) is 29.8 Å². The van der Waals surface area contributed by atoms with Crippen molar-refractivity contribution in [3.63, 3.8) is 0 Å². The van der Waals surface area contributed by atoms with E-state index in [1.807, 2.05) is 37.8 Å². The molecule has 142 valence electrons. The summed E-state index contributed by atoms with van der Waals surface area (Å²) >= 11 is 0. The Morgan fingerprint density at radius 3 is 2.41 bits per heavy atom. The van der Waals surface area contributed by atoms with Crippen LogP contribution in [0, 0.1) is 13.8 Å². The van der Waals surface area contributed by atoms with Crippen molar-refractivity contribution in [2.24, 2.45) is 0 Å². The molecule has 3 aromatic rings. The van der Waals surface area contributed by atoms with Crippen molar-refractivity contribution in [2.75, 3.05) is 13.1 Å². The van der Waals surface area contributed by atoms with E-state index < -0.39 is 0 Å². The molecule has 5 heteroatoms. The predicted octanol–water partition coefficient (Wildman–Crippen LogP) is 4.15. The van der Waals surface area contributed by atoms with Crippen molar-refractivity contribution in [2.45, 2.75) is 46.4 Å². The van der Waals surface area contributed by atoms with E-state index in [1.54, 1.807) is 0 Å². The van der Waals surface area contributed by atoms with E-state index in [9.17, 15) is 4.79 Å². The van der Waals surface area contributed by atoms with Crippen LogP contribution in [-0.2, 0) is 11.3 Å². The number of hydrogen-bond donors (Lipinski definition) is 0. The second-order valence-corrected chi connectivity index (χ2v) is 7.68. The van der Waals surface area contributed by atoms with E-state index in [2.05, 4.69) is 35.8 Å². The van der Waals surface area contributed by atoms with Gasteiger partial charge in [0.15, 0.2) is 5.58 Å². The highest BCUT2D eigenvalue weighted by Gasteiger charge is 2.29. The number of ether oxygens (including phenoxy) is 1. The minimum absolute atomic E-state index is 0.0353. The molecule has 1 aliphatic heterocycles. The summed E-state index contributed by atoms with van der Waals surface area (Å²) in [6, 6.07) is 12.3. The number of morpholine rings is 1. The minimum atomic E-state index is 0.0353. The fraction of sp³-hybridized carbons (Fsp3) is 0.409. The molecule has 0 radical (unpaired) electrons. The number of fused-ring (bicyclic) bond motifs is 1. The van der Waals surface area contributed by atoms with E-state index in [0.29, 0.717) is 25.3 Å². The summed E-state index contributed by atoms with van der Waals surface area (Å²) in [6.07, 6.45) is 0.0897.